The van der Waals surface area contributed by atoms with Gasteiger partial charge < -0.3 is 15.2 Å². The third-order valence-corrected chi connectivity index (χ3v) is 3.11. The lowest BCUT2D eigenvalue weighted by atomic mass is 10.1. The Morgan fingerprint density at radius 3 is 2.53 bits per heavy atom. The van der Waals surface area contributed by atoms with Crippen LogP contribution in [-0.4, -0.2) is 24.8 Å². The van der Waals surface area contributed by atoms with Crippen molar-refractivity contribution in [2.75, 3.05) is 13.7 Å². The highest BCUT2D eigenvalue weighted by atomic mass is 16.5. The molecular weight excluding hydrogens is 214 g/mol. The molecule has 1 aliphatic carbocycles. The number of benzene rings is 1. The second-order valence-electron chi connectivity index (χ2n) is 4.34. The van der Waals surface area contributed by atoms with Crippen molar-refractivity contribution in [1.82, 2.24) is 5.32 Å². The summed E-state index contributed by atoms with van der Waals surface area (Å²) in [6, 6.07) is 8.03. The fourth-order valence-corrected chi connectivity index (χ4v) is 2.01. The SMILES string of the molecule is COc1ccc(C(O)CNC2CC=CC2)cc1. The minimum absolute atomic E-state index is 0.457. The molecule has 0 heterocycles. The van der Waals surface area contributed by atoms with Gasteiger partial charge in [-0.2, -0.15) is 0 Å². The molecule has 0 saturated carbocycles. The summed E-state index contributed by atoms with van der Waals surface area (Å²) in [7, 11) is 1.64. The van der Waals surface area contributed by atoms with Gasteiger partial charge in [0, 0.05) is 12.6 Å². The van der Waals surface area contributed by atoms with E-state index in [1.807, 2.05) is 24.3 Å². The Kier molecular flexibility index (Phi) is 4.18. The third kappa shape index (κ3) is 3.32. The number of hydrogen-bond acceptors (Lipinski definition) is 3. The molecule has 1 aromatic rings. The van der Waals surface area contributed by atoms with Crippen LogP contribution in [-0.2, 0) is 0 Å². The fraction of sp³-hybridized carbons (Fsp3) is 0.429. The van der Waals surface area contributed by atoms with Crippen LogP contribution in [0.4, 0.5) is 0 Å². The normalized spacial score (nSPS) is 17.3. The number of nitrogens with one attached hydrogen (secondary N) is 1. The Labute approximate surface area is 102 Å². The van der Waals surface area contributed by atoms with Crippen LogP contribution in [0.15, 0.2) is 36.4 Å². The highest BCUT2D eigenvalue weighted by molar-refractivity contribution is 5.28. The third-order valence-electron chi connectivity index (χ3n) is 3.11. The Hall–Kier alpha value is -1.32. The highest BCUT2D eigenvalue weighted by Crippen LogP contribution is 2.18. The zero-order chi connectivity index (χ0) is 12.1. The predicted octanol–water partition coefficient (Wildman–Crippen LogP) is 2.04. The predicted molar refractivity (Wildman–Crippen MR) is 68.1 cm³/mol. The molecule has 2 rings (SSSR count). The van der Waals surface area contributed by atoms with Gasteiger partial charge in [0.05, 0.1) is 13.2 Å². The van der Waals surface area contributed by atoms with Crippen molar-refractivity contribution in [3.63, 3.8) is 0 Å². The molecule has 3 heteroatoms. The summed E-state index contributed by atoms with van der Waals surface area (Å²) in [6.45, 7) is 0.596. The van der Waals surface area contributed by atoms with Crippen LogP contribution in [0.2, 0.25) is 0 Å². The molecule has 0 saturated heterocycles. The Balaban J connectivity index is 1.83. The molecule has 0 aromatic heterocycles. The first-order chi connectivity index (χ1) is 8.29. The van der Waals surface area contributed by atoms with Crippen molar-refractivity contribution in [1.29, 1.82) is 0 Å². The Morgan fingerprint density at radius 1 is 1.29 bits per heavy atom. The lowest BCUT2D eigenvalue weighted by Crippen LogP contribution is -2.30. The molecule has 0 radical (unpaired) electrons. The van der Waals surface area contributed by atoms with Crippen LogP contribution < -0.4 is 10.1 Å². The number of methoxy groups -OCH3 is 1. The molecule has 2 N–H and O–H groups in total. The molecule has 0 spiro atoms. The first-order valence-electron chi connectivity index (χ1n) is 6.00. The topological polar surface area (TPSA) is 41.5 Å². The molecule has 92 valence electrons. The van der Waals surface area contributed by atoms with Crippen molar-refractivity contribution >= 4 is 0 Å². The van der Waals surface area contributed by atoms with Gasteiger partial charge >= 0.3 is 0 Å². The minimum atomic E-state index is -0.457. The van der Waals surface area contributed by atoms with E-state index in [0.717, 1.165) is 24.2 Å². The van der Waals surface area contributed by atoms with Crippen LogP contribution >= 0.6 is 0 Å². The van der Waals surface area contributed by atoms with Gasteiger partial charge in [0.1, 0.15) is 5.75 Å². The minimum Gasteiger partial charge on any atom is -0.497 e. The summed E-state index contributed by atoms with van der Waals surface area (Å²) in [5.41, 5.74) is 0.921. The van der Waals surface area contributed by atoms with Crippen molar-refractivity contribution in [2.24, 2.45) is 0 Å². The van der Waals surface area contributed by atoms with E-state index in [0.29, 0.717) is 12.6 Å². The maximum Gasteiger partial charge on any atom is 0.118 e. The summed E-state index contributed by atoms with van der Waals surface area (Å²) in [5, 5.41) is 13.4. The lowest BCUT2D eigenvalue weighted by Gasteiger charge is -2.16. The smallest absolute Gasteiger partial charge is 0.118 e. The second-order valence-corrected chi connectivity index (χ2v) is 4.34. The van der Waals surface area contributed by atoms with E-state index in [2.05, 4.69) is 17.5 Å². The summed E-state index contributed by atoms with van der Waals surface area (Å²) in [6.07, 6.45) is 6.03. The van der Waals surface area contributed by atoms with Gasteiger partial charge in [0.15, 0.2) is 0 Å². The molecule has 0 amide bonds. The second kappa shape index (κ2) is 5.84. The zero-order valence-electron chi connectivity index (χ0n) is 10.1. The van der Waals surface area contributed by atoms with Crippen LogP contribution in [0.1, 0.15) is 24.5 Å². The summed E-state index contributed by atoms with van der Waals surface area (Å²) >= 11 is 0. The van der Waals surface area contributed by atoms with Crippen molar-refractivity contribution in [3.8, 4) is 5.75 Å². The summed E-state index contributed by atoms with van der Waals surface area (Å²) in [4.78, 5) is 0. The fourth-order valence-electron chi connectivity index (χ4n) is 2.01. The molecular formula is C14H19NO2. The number of ether oxygens (including phenoxy) is 1. The van der Waals surface area contributed by atoms with E-state index >= 15 is 0 Å². The first-order valence-corrected chi connectivity index (χ1v) is 6.00. The van der Waals surface area contributed by atoms with E-state index in [1.165, 1.54) is 0 Å². The molecule has 1 unspecified atom stereocenters. The largest absolute Gasteiger partial charge is 0.497 e. The number of aliphatic hydroxyl groups excluding tert-OH is 1. The van der Waals surface area contributed by atoms with Gasteiger partial charge in [-0.15, -0.1) is 0 Å². The number of hydrogen-bond donors (Lipinski definition) is 2. The van der Waals surface area contributed by atoms with Gasteiger partial charge in [0.25, 0.3) is 0 Å². The number of aliphatic hydroxyl groups is 1. The average molecular weight is 233 g/mol. The van der Waals surface area contributed by atoms with Gasteiger partial charge in [-0.25, -0.2) is 0 Å². The first kappa shape index (κ1) is 12.1. The zero-order valence-corrected chi connectivity index (χ0v) is 10.1. The molecule has 0 aliphatic heterocycles. The maximum absolute atomic E-state index is 10.0. The summed E-state index contributed by atoms with van der Waals surface area (Å²) in [5.74, 6) is 0.814. The molecule has 1 aromatic carbocycles. The van der Waals surface area contributed by atoms with Crippen molar-refractivity contribution in [2.45, 2.75) is 25.0 Å². The molecule has 1 atom stereocenters. The van der Waals surface area contributed by atoms with Gasteiger partial charge in [-0.05, 0) is 30.5 Å². The van der Waals surface area contributed by atoms with Crippen molar-refractivity contribution < 1.29 is 9.84 Å². The Bertz CT molecular complexity index is 364. The summed E-state index contributed by atoms with van der Waals surface area (Å²) < 4.78 is 5.08. The molecule has 0 bridgehead atoms. The monoisotopic (exact) mass is 233 g/mol. The van der Waals surface area contributed by atoms with E-state index in [1.54, 1.807) is 7.11 Å². The van der Waals surface area contributed by atoms with E-state index in [9.17, 15) is 5.11 Å². The van der Waals surface area contributed by atoms with Crippen LogP contribution in [0.25, 0.3) is 0 Å². The van der Waals surface area contributed by atoms with Crippen LogP contribution in [0.3, 0.4) is 0 Å². The molecule has 1 aliphatic rings. The molecule has 3 nitrogen and oxygen atoms in total. The lowest BCUT2D eigenvalue weighted by molar-refractivity contribution is 0.170. The van der Waals surface area contributed by atoms with Gasteiger partial charge in [-0.1, -0.05) is 24.3 Å². The average Bonchev–Trinajstić information content (AvgIpc) is 2.89. The van der Waals surface area contributed by atoms with E-state index in [-0.39, 0.29) is 0 Å². The van der Waals surface area contributed by atoms with E-state index in [4.69, 9.17) is 4.74 Å². The van der Waals surface area contributed by atoms with Crippen LogP contribution in [0, 0.1) is 0 Å². The molecule has 17 heavy (non-hydrogen) atoms. The standard InChI is InChI=1S/C14H19NO2/c1-17-13-8-6-11(7-9-13)14(16)10-15-12-4-2-3-5-12/h2-3,6-9,12,14-16H,4-5,10H2,1H3. The maximum atomic E-state index is 10.0. The Morgan fingerprint density at radius 2 is 1.94 bits per heavy atom. The number of rotatable bonds is 5. The molecule has 0 fully saturated rings. The highest BCUT2D eigenvalue weighted by Gasteiger charge is 2.13. The van der Waals surface area contributed by atoms with Crippen molar-refractivity contribution in [3.05, 3.63) is 42.0 Å². The van der Waals surface area contributed by atoms with Crippen LogP contribution in [0.5, 0.6) is 5.75 Å². The van der Waals surface area contributed by atoms with Gasteiger partial charge in [0.2, 0.25) is 0 Å². The van der Waals surface area contributed by atoms with E-state index < -0.39 is 6.10 Å². The quantitative estimate of drug-likeness (QED) is 0.765. The van der Waals surface area contributed by atoms with Gasteiger partial charge in [-0.3, -0.25) is 0 Å².